The number of rotatable bonds is 3. The van der Waals surface area contributed by atoms with Gasteiger partial charge in [0.05, 0.1) is 6.20 Å². The number of anilines is 2. The van der Waals surface area contributed by atoms with Gasteiger partial charge in [0.1, 0.15) is 23.1 Å². The molecule has 0 aliphatic carbocycles. The summed E-state index contributed by atoms with van der Waals surface area (Å²) in [5, 5.41) is 5.61. The molecule has 1 atom stereocenters. The topological polar surface area (TPSA) is 108 Å². The summed E-state index contributed by atoms with van der Waals surface area (Å²) in [5.41, 5.74) is 1.93. The normalized spacial score (nSPS) is 20.2. The Morgan fingerprint density at radius 2 is 2.03 bits per heavy atom. The first-order valence-corrected chi connectivity index (χ1v) is 10.4. The Morgan fingerprint density at radius 3 is 2.74 bits per heavy atom. The first-order chi connectivity index (χ1) is 14.7. The third-order valence-corrected chi connectivity index (χ3v) is 5.44. The number of aromatic nitrogens is 2. The van der Waals surface area contributed by atoms with Gasteiger partial charge in [-0.05, 0) is 33.8 Å². The molecule has 166 valence electrons. The number of imide groups is 1. The van der Waals surface area contributed by atoms with Gasteiger partial charge in [-0.15, -0.1) is 0 Å². The number of nitrogens with zero attached hydrogens (tertiary/aromatic N) is 4. The van der Waals surface area contributed by atoms with E-state index in [4.69, 9.17) is 4.74 Å². The Hall–Kier alpha value is -3.14. The van der Waals surface area contributed by atoms with Crippen LogP contribution >= 0.6 is 0 Å². The Balaban J connectivity index is 1.67. The minimum atomic E-state index is -0.562. The van der Waals surface area contributed by atoms with E-state index in [2.05, 4.69) is 20.5 Å². The lowest BCUT2D eigenvalue weighted by atomic mass is 10.1. The molecule has 0 aromatic carbocycles. The SMILES string of the molecule is Cc1c(N2CCNCC2C(=O)OC(C)(C)C)ccn2c(N3CCC(=O)NC3=O)cnc12. The third-order valence-electron chi connectivity index (χ3n) is 5.44. The maximum absolute atomic E-state index is 12.8. The van der Waals surface area contributed by atoms with Gasteiger partial charge in [-0.1, -0.05) is 0 Å². The molecule has 31 heavy (non-hydrogen) atoms. The van der Waals surface area contributed by atoms with E-state index in [9.17, 15) is 14.4 Å². The van der Waals surface area contributed by atoms with Crippen LogP contribution in [-0.2, 0) is 14.3 Å². The summed E-state index contributed by atoms with van der Waals surface area (Å²) in [6, 6.07) is 1.04. The number of nitrogens with one attached hydrogen (secondary N) is 2. The van der Waals surface area contributed by atoms with Crippen molar-refractivity contribution in [3.05, 3.63) is 24.0 Å². The molecule has 10 heteroatoms. The van der Waals surface area contributed by atoms with Crippen molar-refractivity contribution in [3.8, 4) is 0 Å². The number of imidazole rings is 1. The van der Waals surface area contributed by atoms with Crippen molar-refractivity contribution >= 4 is 35.1 Å². The number of esters is 1. The molecule has 3 amide bonds. The van der Waals surface area contributed by atoms with E-state index in [0.717, 1.165) is 17.8 Å². The molecule has 0 spiro atoms. The molecule has 2 aliphatic rings. The molecular weight excluding hydrogens is 400 g/mol. The van der Waals surface area contributed by atoms with Crippen LogP contribution in [0.3, 0.4) is 0 Å². The van der Waals surface area contributed by atoms with Crippen molar-refractivity contribution in [2.24, 2.45) is 0 Å². The van der Waals surface area contributed by atoms with Gasteiger partial charge in [0.15, 0.2) is 0 Å². The highest BCUT2D eigenvalue weighted by Crippen LogP contribution is 2.30. The molecule has 2 N–H and O–H groups in total. The second-order valence-electron chi connectivity index (χ2n) is 8.84. The number of carbonyl (C=O) groups is 3. The summed E-state index contributed by atoms with van der Waals surface area (Å²) < 4.78 is 7.47. The summed E-state index contributed by atoms with van der Waals surface area (Å²) in [4.78, 5) is 44.7. The van der Waals surface area contributed by atoms with E-state index in [1.54, 1.807) is 6.20 Å². The average molecular weight is 428 g/mol. The van der Waals surface area contributed by atoms with Gasteiger partial charge in [-0.2, -0.15) is 0 Å². The highest BCUT2D eigenvalue weighted by molar-refractivity contribution is 6.05. The second-order valence-corrected chi connectivity index (χ2v) is 8.84. The Morgan fingerprint density at radius 1 is 1.26 bits per heavy atom. The molecule has 4 rings (SSSR count). The van der Waals surface area contributed by atoms with Crippen LogP contribution in [0, 0.1) is 6.92 Å². The minimum absolute atomic E-state index is 0.244. The third kappa shape index (κ3) is 4.07. The molecule has 2 aliphatic heterocycles. The number of urea groups is 1. The van der Waals surface area contributed by atoms with Gasteiger partial charge in [-0.3, -0.25) is 19.4 Å². The fourth-order valence-electron chi connectivity index (χ4n) is 4.03. The van der Waals surface area contributed by atoms with Crippen LogP contribution in [0.1, 0.15) is 32.8 Å². The van der Waals surface area contributed by atoms with Crippen molar-refractivity contribution in [1.29, 1.82) is 0 Å². The number of amides is 3. The first-order valence-electron chi connectivity index (χ1n) is 10.4. The van der Waals surface area contributed by atoms with Crippen molar-refractivity contribution in [1.82, 2.24) is 20.0 Å². The zero-order valence-electron chi connectivity index (χ0n) is 18.3. The second kappa shape index (κ2) is 7.84. The Labute approximate surface area is 180 Å². The van der Waals surface area contributed by atoms with Crippen molar-refractivity contribution in [2.75, 3.05) is 36.0 Å². The lowest BCUT2D eigenvalue weighted by Gasteiger charge is -2.38. The van der Waals surface area contributed by atoms with E-state index < -0.39 is 17.7 Å². The van der Waals surface area contributed by atoms with Crippen LogP contribution in [0.5, 0.6) is 0 Å². The standard InChI is InChI=1S/C21H28N6O4/c1-13-14(25-10-7-22-11-15(25)19(29)31-21(2,3)4)5-8-26-17(12-23-18(13)26)27-9-6-16(28)24-20(27)30/h5,8,12,15,22H,6-7,9-11H2,1-4H3,(H,24,28,30). The monoisotopic (exact) mass is 428 g/mol. The average Bonchev–Trinajstić information content (AvgIpc) is 3.12. The lowest BCUT2D eigenvalue weighted by Crippen LogP contribution is -2.56. The summed E-state index contributed by atoms with van der Waals surface area (Å²) >= 11 is 0. The lowest BCUT2D eigenvalue weighted by molar-refractivity contribution is -0.156. The van der Waals surface area contributed by atoms with E-state index in [-0.39, 0.29) is 18.3 Å². The predicted molar refractivity (Wildman–Crippen MR) is 115 cm³/mol. The Kier molecular flexibility index (Phi) is 5.34. The number of piperazine rings is 1. The van der Waals surface area contributed by atoms with Crippen molar-refractivity contribution in [2.45, 2.75) is 45.8 Å². The predicted octanol–water partition coefficient (Wildman–Crippen LogP) is 1.21. The number of fused-ring (bicyclic) bond motifs is 1. The molecule has 1 unspecified atom stereocenters. The maximum Gasteiger partial charge on any atom is 0.330 e. The zero-order chi connectivity index (χ0) is 22.3. The molecule has 2 aromatic heterocycles. The molecule has 0 saturated carbocycles. The van der Waals surface area contributed by atoms with E-state index >= 15 is 0 Å². The van der Waals surface area contributed by atoms with Crippen LogP contribution in [0.4, 0.5) is 16.3 Å². The van der Waals surface area contributed by atoms with E-state index in [1.165, 1.54) is 4.90 Å². The van der Waals surface area contributed by atoms with Crippen LogP contribution in [0.15, 0.2) is 18.5 Å². The van der Waals surface area contributed by atoms with E-state index in [1.807, 2.05) is 44.4 Å². The van der Waals surface area contributed by atoms with Gasteiger partial charge in [0.25, 0.3) is 0 Å². The van der Waals surface area contributed by atoms with Crippen LogP contribution in [-0.4, -0.2) is 65.1 Å². The summed E-state index contributed by atoms with van der Waals surface area (Å²) in [6.07, 6.45) is 3.72. The van der Waals surface area contributed by atoms with Crippen molar-refractivity contribution in [3.63, 3.8) is 0 Å². The van der Waals surface area contributed by atoms with Crippen LogP contribution in [0.25, 0.3) is 5.65 Å². The molecule has 0 bridgehead atoms. The molecule has 0 radical (unpaired) electrons. The number of hydrogen-bond acceptors (Lipinski definition) is 7. The maximum atomic E-state index is 12.8. The summed E-state index contributed by atoms with van der Waals surface area (Å²) in [6.45, 7) is 9.75. The first kappa shape index (κ1) is 21.1. The van der Waals surface area contributed by atoms with Gasteiger partial charge < -0.3 is 15.0 Å². The van der Waals surface area contributed by atoms with Crippen molar-refractivity contribution < 1.29 is 19.1 Å². The fourth-order valence-corrected chi connectivity index (χ4v) is 4.03. The summed E-state index contributed by atoms with van der Waals surface area (Å²) in [5.74, 6) is 0.0525. The van der Waals surface area contributed by atoms with Gasteiger partial charge in [0, 0.05) is 50.0 Å². The molecule has 2 saturated heterocycles. The quantitative estimate of drug-likeness (QED) is 0.708. The number of aryl methyl sites for hydroxylation is 1. The van der Waals surface area contributed by atoms with Gasteiger partial charge in [0.2, 0.25) is 5.91 Å². The number of carbonyl (C=O) groups excluding carboxylic acids is 3. The number of pyridine rings is 1. The molecule has 2 aromatic rings. The smallest absolute Gasteiger partial charge is 0.330 e. The highest BCUT2D eigenvalue weighted by Gasteiger charge is 2.34. The largest absolute Gasteiger partial charge is 0.458 e. The summed E-state index contributed by atoms with van der Waals surface area (Å²) in [7, 11) is 0. The highest BCUT2D eigenvalue weighted by atomic mass is 16.6. The molecular formula is C21H28N6O4. The van der Waals surface area contributed by atoms with Crippen LogP contribution < -0.4 is 20.4 Å². The van der Waals surface area contributed by atoms with Gasteiger partial charge >= 0.3 is 12.0 Å². The fraction of sp³-hybridized carbons (Fsp3) is 0.524. The van der Waals surface area contributed by atoms with Gasteiger partial charge in [-0.25, -0.2) is 14.6 Å². The Bertz CT molecular complexity index is 1040. The molecule has 2 fully saturated rings. The van der Waals surface area contributed by atoms with Crippen LogP contribution in [0.2, 0.25) is 0 Å². The molecule has 10 nitrogen and oxygen atoms in total. The minimum Gasteiger partial charge on any atom is -0.458 e. The number of ether oxygens (including phenoxy) is 1. The molecule has 4 heterocycles. The number of hydrogen-bond donors (Lipinski definition) is 2. The zero-order valence-corrected chi connectivity index (χ0v) is 18.3. The van der Waals surface area contributed by atoms with E-state index in [0.29, 0.717) is 31.1 Å².